The monoisotopic (exact) mass is 410 g/mol. The highest BCUT2D eigenvalue weighted by Gasteiger charge is 2.29. The molecule has 6 nitrogen and oxygen atoms in total. The molecule has 0 saturated heterocycles. The number of rotatable bonds is 5. The summed E-state index contributed by atoms with van der Waals surface area (Å²) < 4.78 is 27.1. The fourth-order valence-corrected chi connectivity index (χ4v) is 4.66. The first-order valence-corrected chi connectivity index (χ1v) is 9.53. The van der Waals surface area contributed by atoms with Gasteiger partial charge in [0.05, 0.1) is 16.1 Å². The van der Waals surface area contributed by atoms with Crippen molar-refractivity contribution in [1.82, 2.24) is 4.98 Å². The minimum Gasteiger partial charge on any atom is -0.480 e. The van der Waals surface area contributed by atoms with Gasteiger partial charge in [0.25, 0.3) is 10.0 Å². The number of fused-ring (bicyclic) bond motifs is 1. The summed E-state index contributed by atoms with van der Waals surface area (Å²) in [5, 5.41) is 10.2. The van der Waals surface area contributed by atoms with Crippen LogP contribution in [0.25, 0.3) is 10.9 Å². The quantitative estimate of drug-likeness (QED) is 0.690. The highest BCUT2D eigenvalue weighted by Crippen LogP contribution is 2.31. The molecule has 0 aliphatic rings. The van der Waals surface area contributed by atoms with Gasteiger partial charge in [0.15, 0.2) is 0 Å². The summed E-state index contributed by atoms with van der Waals surface area (Å²) in [6.45, 7) is -0.776. The number of benzene rings is 2. The number of para-hydroxylation sites is 1. The number of aliphatic carboxylic acids is 1. The van der Waals surface area contributed by atoms with Crippen LogP contribution in [-0.4, -0.2) is 31.0 Å². The van der Waals surface area contributed by atoms with E-state index >= 15 is 0 Å². The van der Waals surface area contributed by atoms with Gasteiger partial charge in [-0.3, -0.25) is 14.1 Å². The van der Waals surface area contributed by atoms with Crippen molar-refractivity contribution in [2.24, 2.45) is 0 Å². The molecular weight excluding hydrogens is 399 g/mol. The number of carboxylic acids is 1. The van der Waals surface area contributed by atoms with E-state index in [0.717, 1.165) is 4.31 Å². The first-order chi connectivity index (χ1) is 12.3. The number of carbonyl (C=O) groups is 1. The van der Waals surface area contributed by atoms with Crippen LogP contribution in [0.15, 0.2) is 59.6 Å². The number of carboxylic acid groups (broad SMARTS) is 1. The maximum atomic E-state index is 13.1. The Labute approximate surface area is 159 Å². The summed E-state index contributed by atoms with van der Waals surface area (Å²) in [6, 6.07) is 12.2. The van der Waals surface area contributed by atoms with Crippen LogP contribution in [0.3, 0.4) is 0 Å². The molecule has 26 heavy (non-hydrogen) atoms. The standard InChI is InChI=1S/C17H12Cl2N2O4S/c18-12-7-13(19)9-14(8-12)26(24,25)21(10-16(22)23)15-5-1-3-11-4-2-6-20-17(11)15/h1-9H,10H2,(H,22,23). The molecule has 134 valence electrons. The third-order valence-corrected chi connectivity index (χ3v) is 5.76. The summed E-state index contributed by atoms with van der Waals surface area (Å²) in [5.74, 6) is -1.31. The molecule has 0 bridgehead atoms. The average Bonchev–Trinajstić information content (AvgIpc) is 2.58. The van der Waals surface area contributed by atoms with Gasteiger partial charge in [-0.1, -0.05) is 41.4 Å². The first-order valence-electron chi connectivity index (χ1n) is 7.33. The van der Waals surface area contributed by atoms with Crippen LogP contribution in [0.1, 0.15) is 0 Å². The van der Waals surface area contributed by atoms with Crippen LogP contribution in [0.5, 0.6) is 0 Å². The SMILES string of the molecule is O=C(O)CN(c1cccc2cccnc12)S(=O)(=O)c1cc(Cl)cc(Cl)c1. The molecule has 3 rings (SSSR count). The van der Waals surface area contributed by atoms with E-state index in [0.29, 0.717) is 10.9 Å². The lowest BCUT2D eigenvalue weighted by molar-refractivity contribution is -0.135. The molecule has 3 aromatic rings. The van der Waals surface area contributed by atoms with Gasteiger partial charge in [-0.25, -0.2) is 8.42 Å². The molecule has 0 aliphatic carbocycles. The summed E-state index contributed by atoms with van der Waals surface area (Å²) in [4.78, 5) is 15.3. The van der Waals surface area contributed by atoms with Crippen molar-refractivity contribution >= 4 is 55.8 Å². The molecule has 0 unspecified atom stereocenters. The first kappa shape index (κ1) is 18.4. The minimum absolute atomic E-state index is 0.127. The molecule has 0 amide bonds. The van der Waals surface area contributed by atoms with E-state index in [1.54, 1.807) is 24.3 Å². The van der Waals surface area contributed by atoms with Crippen molar-refractivity contribution in [2.45, 2.75) is 4.90 Å². The van der Waals surface area contributed by atoms with E-state index in [2.05, 4.69) is 4.98 Å². The van der Waals surface area contributed by atoms with Crippen molar-refractivity contribution in [2.75, 3.05) is 10.8 Å². The van der Waals surface area contributed by atoms with E-state index in [1.807, 2.05) is 0 Å². The highest BCUT2D eigenvalue weighted by atomic mass is 35.5. The van der Waals surface area contributed by atoms with Crippen LogP contribution in [0.4, 0.5) is 5.69 Å². The van der Waals surface area contributed by atoms with Crippen molar-refractivity contribution in [1.29, 1.82) is 0 Å². The Bertz CT molecular complexity index is 1080. The topological polar surface area (TPSA) is 87.6 Å². The van der Waals surface area contributed by atoms with Gasteiger partial charge in [-0.05, 0) is 30.3 Å². The Morgan fingerprint density at radius 1 is 1.08 bits per heavy atom. The number of hydrogen-bond acceptors (Lipinski definition) is 4. The molecule has 0 saturated carbocycles. The molecule has 0 radical (unpaired) electrons. The van der Waals surface area contributed by atoms with E-state index in [1.165, 1.54) is 30.5 Å². The molecule has 2 aromatic carbocycles. The van der Waals surface area contributed by atoms with Crippen LogP contribution in [-0.2, 0) is 14.8 Å². The second kappa shape index (κ2) is 7.11. The smallest absolute Gasteiger partial charge is 0.324 e. The summed E-state index contributed by atoms with van der Waals surface area (Å²) in [6.07, 6.45) is 1.51. The zero-order chi connectivity index (χ0) is 18.9. The van der Waals surface area contributed by atoms with Gasteiger partial charge >= 0.3 is 5.97 Å². The van der Waals surface area contributed by atoms with E-state index < -0.39 is 22.5 Å². The fourth-order valence-electron chi connectivity index (χ4n) is 2.52. The second-order valence-electron chi connectivity index (χ2n) is 5.36. The highest BCUT2D eigenvalue weighted by molar-refractivity contribution is 7.92. The lowest BCUT2D eigenvalue weighted by atomic mass is 10.2. The normalized spacial score (nSPS) is 11.5. The minimum atomic E-state index is -4.24. The van der Waals surface area contributed by atoms with E-state index in [4.69, 9.17) is 23.2 Å². The number of hydrogen-bond donors (Lipinski definition) is 1. The van der Waals surface area contributed by atoms with Crippen LogP contribution < -0.4 is 4.31 Å². The third kappa shape index (κ3) is 3.60. The van der Waals surface area contributed by atoms with Crippen molar-refractivity contribution < 1.29 is 18.3 Å². The number of halogens is 2. The van der Waals surface area contributed by atoms with Gasteiger partial charge in [0.2, 0.25) is 0 Å². The van der Waals surface area contributed by atoms with Gasteiger partial charge in [0.1, 0.15) is 6.54 Å². The van der Waals surface area contributed by atoms with Crippen LogP contribution in [0, 0.1) is 0 Å². The Hall–Kier alpha value is -2.35. The summed E-state index contributed by atoms with van der Waals surface area (Å²) in [7, 11) is -4.24. The van der Waals surface area contributed by atoms with Gasteiger partial charge < -0.3 is 5.11 Å². The molecule has 1 aromatic heterocycles. The molecular formula is C17H12Cl2N2O4S. The predicted molar refractivity (Wildman–Crippen MR) is 100 cm³/mol. The van der Waals surface area contributed by atoms with Crippen molar-refractivity contribution in [3.05, 3.63) is 64.8 Å². The van der Waals surface area contributed by atoms with Crippen LogP contribution >= 0.6 is 23.2 Å². The molecule has 0 spiro atoms. The van der Waals surface area contributed by atoms with Gasteiger partial charge in [-0.2, -0.15) is 0 Å². The van der Waals surface area contributed by atoms with Gasteiger partial charge in [-0.15, -0.1) is 0 Å². The number of aromatic nitrogens is 1. The molecule has 1 heterocycles. The van der Waals surface area contributed by atoms with E-state index in [-0.39, 0.29) is 20.6 Å². The fraction of sp³-hybridized carbons (Fsp3) is 0.0588. The van der Waals surface area contributed by atoms with Crippen LogP contribution in [0.2, 0.25) is 10.0 Å². The average molecular weight is 411 g/mol. The number of sulfonamides is 1. The second-order valence-corrected chi connectivity index (χ2v) is 8.10. The number of anilines is 1. The lowest BCUT2D eigenvalue weighted by Gasteiger charge is -2.24. The van der Waals surface area contributed by atoms with Crippen molar-refractivity contribution in [3.8, 4) is 0 Å². The molecule has 0 atom stereocenters. The van der Waals surface area contributed by atoms with E-state index in [9.17, 15) is 18.3 Å². The maximum absolute atomic E-state index is 13.1. The van der Waals surface area contributed by atoms with Gasteiger partial charge in [0, 0.05) is 21.6 Å². The predicted octanol–water partition coefficient (Wildman–Crippen LogP) is 3.82. The Morgan fingerprint density at radius 2 is 1.73 bits per heavy atom. The Kier molecular flexibility index (Phi) is 5.04. The lowest BCUT2D eigenvalue weighted by Crippen LogP contribution is -2.36. The number of pyridine rings is 1. The summed E-state index contributed by atoms with van der Waals surface area (Å²) in [5.41, 5.74) is 0.523. The molecule has 0 fully saturated rings. The Morgan fingerprint density at radius 3 is 2.38 bits per heavy atom. The summed E-state index contributed by atoms with van der Waals surface area (Å²) >= 11 is 11.8. The molecule has 0 aliphatic heterocycles. The Balaban J connectivity index is 2.24. The van der Waals surface area contributed by atoms with Crippen molar-refractivity contribution in [3.63, 3.8) is 0 Å². The molecule has 1 N–H and O–H groups in total. The number of nitrogens with zero attached hydrogens (tertiary/aromatic N) is 2. The zero-order valence-electron chi connectivity index (χ0n) is 13.1. The molecule has 9 heteroatoms. The zero-order valence-corrected chi connectivity index (χ0v) is 15.5. The largest absolute Gasteiger partial charge is 0.480 e. The maximum Gasteiger partial charge on any atom is 0.324 e. The third-order valence-electron chi connectivity index (χ3n) is 3.58.